The number of benzene rings is 2. The first-order chi connectivity index (χ1) is 19.9. The highest BCUT2D eigenvalue weighted by Gasteiger charge is 2.47. The molecule has 1 aliphatic carbocycles. The summed E-state index contributed by atoms with van der Waals surface area (Å²) in [5.74, 6) is 0.493. The Hall–Kier alpha value is -2.84. The summed E-state index contributed by atoms with van der Waals surface area (Å²) in [5, 5.41) is 0. The lowest BCUT2D eigenvalue weighted by Gasteiger charge is -2.42. The predicted octanol–water partition coefficient (Wildman–Crippen LogP) is 8.24. The van der Waals surface area contributed by atoms with Crippen LogP contribution in [-0.4, -0.2) is 30.3 Å². The molecule has 43 heavy (non-hydrogen) atoms. The lowest BCUT2D eigenvalue weighted by Crippen LogP contribution is -2.59. The Morgan fingerprint density at radius 1 is 0.884 bits per heavy atom. The Bertz CT molecular complexity index is 1290. The molecule has 0 fully saturated rings. The Balaban J connectivity index is 1.45. The van der Waals surface area contributed by atoms with Crippen LogP contribution in [0, 0.1) is 12.3 Å². The van der Waals surface area contributed by atoms with Gasteiger partial charge in [-0.25, -0.2) is 0 Å². The van der Waals surface area contributed by atoms with Crippen LogP contribution >= 0.6 is 0 Å². The second-order valence-electron chi connectivity index (χ2n) is 13.5. The van der Waals surface area contributed by atoms with Gasteiger partial charge < -0.3 is 20.9 Å². The zero-order valence-corrected chi connectivity index (χ0v) is 26.6. The maximum absolute atomic E-state index is 13.3. The van der Waals surface area contributed by atoms with Gasteiger partial charge in [0.15, 0.2) is 0 Å². The van der Waals surface area contributed by atoms with Gasteiger partial charge in [-0.3, -0.25) is 4.79 Å². The number of esters is 1. The first kappa shape index (κ1) is 34.6. The van der Waals surface area contributed by atoms with E-state index in [1.54, 1.807) is 6.07 Å². The maximum Gasteiger partial charge on any atom is 0.416 e. The molecule has 0 aromatic heterocycles. The molecule has 2 aromatic rings. The van der Waals surface area contributed by atoms with Gasteiger partial charge in [-0.2, -0.15) is 13.2 Å². The van der Waals surface area contributed by atoms with E-state index >= 15 is 0 Å². The highest BCUT2D eigenvalue weighted by molar-refractivity contribution is 5.84. The minimum absolute atomic E-state index is 0.305. The third-order valence-corrected chi connectivity index (χ3v) is 8.55. The zero-order valence-electron chi connectivity index (χ0n) is 26.6. The quantitative estimate of drug-likeness (QED) is 0.178. The summed E-state index contributed by atoms with van der Waals surface area (Å²) in [6.07, 6.45) is 4.08. The van der Waals surface area contributed by atoms with Crippen molar-refractivity contribution >= 4 is 17.6 Å². The van der Waals surface area contributed by atoms with E-state index in [0.29, 0.717) is 25.2 Å². The van der Waals surface area contributed by atoms with Crippen molar-refractivity contribution in [3.63, 3.8) is 0 Å². The molecule has 0 saturated heterocycles. The molecular formula is C35H49F3N2O3. The van der Waals surface area contributed by atoms with E-state index in [0.717, 1.165) is 79.0 Å². The Morgan fingerprint density at radius 2 is 1.56 bits per heavy atom. The molecule has 0 heterocycles. The van der Waals surface area contributed by atoms with Crippen LogP contribution in [0.15, 0.2) is 36.4 Å². The maximum atomic E-state index is 13.3. The van der Waals surface area contributed by atoms with Crippen molar-refractivity contribution < 1.29 is 27.4 Å². The number of nitrogens with two attached hydrogens (primary N) is 2. The van der Waals surface area contributed by atoms with Gasteiger partial charge in [0.25, 0.3) is 0 Å². The van der Waals surface area contributed by atoms with Gasteiger partial charge in [0.1, 0.15) is 5.75 Å². The van der Waals surface area contributed by atoms with Crippen LogP contribution in [0.2, 0.25) is 0 Å². The minimum Gasteiger partial charge on any atom is -0.494 e. The topological polar surface area (TPSA) is 87.6 Å². The number of aryl methyl sites for hydroxylation is 2. The summed E-state index contributed by atoms with van der Waals surface area (Å²) in [7, 11) is 0. The standard InChI is InChI=1S/C35H49F3N2O3/c1-24-14-16-28(35(36,37)38)22-30(24)27-13-11-12-25-21-29(17-15-26(25)20-27)42-18-9-7-8-10-19-43-31(41)33(4,5)34(6,40)23-32(2,3)39/h14-17,20-22H,7-13,18-19,23,39-40H2,1-6H3. The largest absolute Gasteiger partial charge is 0.494 e. The molecule has 0 saturated carbocycles. The highest BCUT2D eigenvalue weighted by Crippen LogP contribution is 2.37. The fourth-order valence-electron chi connectivity index (χ4n) is 5.61. The van der Waals surface area contributed by atoms with Gasteiger partial charge in [0.2, 0.25) is 0 Å². The van der Waals surface area contributed by atoms with E-state index in [9.17, 15) is 18.0 Å². The van der Waals surface area contributed by atoms with E-state index in [-0.39, 0.29) is 5.97 Å². The fraction of sp³-hybridized carbons (Fsp3) is 0.571. The summed E-state index contributed by atoms with van der Waals surface area (Å²) >= 11 is 0. The number of unbranched alkanes of at least 4 members (excludes halogenated alkanes) is 3. The van der Waals surface area contributed by atoms with E-state index in [2.05, 4.69) is 0 Å². The number of hydrogen-bond donors (Lipinski definition) is 2. The number of fused-ring (bicyclic) bond motifs is 1. The lowest BCUT2D eigenvalue weighted by atomic mass is 9.68. The smallest absolute Gasteiger partial charge is 0.416 e. The van der Waals surface area contributed by atoms with Crippen molar-refractivity contribution in [1.29, 1.82) is 0 Å². The van der Waals surface area contributed by atoms with E-state index in [1.165, 1.54) is 6.07 Å². The molecule has 238 valence electrons. The molecule has 2 aromatic carbocycles. The molecular weight excluding hydrogens is 553 g/mol. The van der Waals surface area contributed by atoms with Crippen LogP contribution in [0.5, 0.6) is 5.75 Å². The van der Waals surface area contributed by atoms with Crippen molar-refractivity contribution in [3.8, 4) is 5.75 Å². The minimum atomic E-state index is -4.36. The molecule has 0 bridgehead atoms. The third kappa shape index (κ3) is 9.57. The van der Waals surface area contributed by atoms with Gasteiger partial charge in [-0.15, -0.1) is 0 Å². The number of rotatable bonds is 13. The number of ether oxygens (including phenoxy) is 2. The zero-order chi connectivity index (χ0) is 32.1. The number of carbonyl (C=O) groups excluding carboxylic acids is 1. The second kappa shape index (κ2) is 13.9. The van der Waals surface area contributed by atoms with E-state index in [1.807, 2.05) is 65.8 Å². The molecule has 0 aliphatic heterocycles. The Morgan fingerprint density at radius 3 is 2.21 bits per heavy atom. The summed E-state index contributed by atoms with van der Waals surface area (Å²) in [6.45, 7) is 12.1. The van der Waals surface area contributed by atoms with Crippen molar-refractivity contribution in [3.05, 3.63) is 64.2 Å². The van der Waals surface area contributed by atoms with Crippen LogP contribution in [0.4, 0.5) is 13.2 Å². The Labute approximate surface area is 255 Å². The van der Waals surface area contributed by atoms with Crippen molar-refractivity contribution in [2.24, 2.45) is 16.9 Å². The van der Waals surface area contributed by atoms with Crippen LogP contribution < -0.4 is 16.2 Å². The molecule has 5 nitrogen and oxygen atoms in total. The Kier molecular flexibility index (Phi) is 11.2. The first-order valence-corrected chi connectivity index (χ1v) is 15.3. The summed E-state index contributed by atoms with van der Waals surface area (Å²) < 4.78 is 51.5. The van der Waals surface area contributed by atoms with Crippen molar-refractivity contribution in [2.75, 3.05) is 13.2 Å². The first-order valence-electron chi connectivity index (χ1n) is 15.3. The SMILES string of the molecule is Cc1ccc(C(F)(F)F)cc1C1=Cc2ccc(OCCCCCCOC(=O)C(C)(C)C(C)(N)CC(C)(C)N)cc2CCC1. The lowest BCUT2D eigenvalue weighted by molar-refractivity contribution is -0.158. The average Bonchev–Trinajstić information content (AvgIpc) is 3.10. The van der Waals surface area contributed by atoms with Gasteiger partial charge >= 0.3 is 12.1 Å². The molecule has 8 heteroatoms. The van der Waals surface area contributed by atoms with Crippen molar-refractivity contribution in [1.82, 2.24) is 0 Å². The van der Waals surface area contributed by atoms with Gasteiger partial charge in [-0.05, 0) is 145 Å². The van der Waals surface area contributed by atoms with E-state index in [4.69, 9.17) is 20.9 Å². The molecule has 1 aliphatic rings. The molecule has 0 amide bonds. The van der Waals surface area contributed by atoms with Gasteiger partial charge in [-0.1, -0.05) is 18.2 Å². The number of alkyl halides is 3. The van der Waals surface area contributed by atoms with E-state index < -0.39 is 28.2 Å². The summed E-state index contributed by atoms with van der Waals surface area (Å²) in [6, 6.07) is 9.94. The van der Waals surface area contributed by atoms with Gasteiger partial charge in [0, 0.05) is 11.1 Å². The second-order valence-corrected chi connectivity index (χ2v) is 13.5. The van der Waals surface area contributed by atoms with Crippen LogP contribution in [-0.2, 0) is 22.1 Å². The van der Waals surface area contributed by atoms with Crippen LogP contribution in [0.1, 0.15) is 107 Å². The normalized spacial score (nSPS) is 15.7. The van der Waals surface area contributed by atoms with Crippen LogP contribution in [0.25, 0.3) is 11.6 Å². The molecule has 0 radical (unpaired) electrons. The molecule has 1 unspecified atom stereocenters. The summed E-state index contributed by atoms with van der Waals surface area (Å²) in [4.78, 5) is 12.8. The molecule has 3 rings (SSSR count). The average molecular weight is 603 g/mol. The number of carbonyl (C=O) groups is 1. The fourth-order valence-corrected chi connectivity index (χ4v) is 5.61. The molecule has 0 spiro atoms. The van der Waals surface area contributed by atoms with Crippen molar-refractivity contribution in [2.45, 2.75) is 110 Å². The molecule has 1 atom stereocenters. The monoisotopic (exact) mass is 602 g/mol. The third-order valence-electron chi connectivity index (χ3n) is 8.55. The summed E-state index contributed by atoms with van der Waals surface area (Å²) in [5.41, 5.74) is 14.5. The van der Waals surface area contributed by atoms with Crippen LogP contribution in [0.3, 0.4) is 0 Å². The highest BCUT2D eigenvalue weighted by atomic mass is 19.4. The van der Waals surface area contributed by atoms with Gasteiger partial charge in [0.05, 0.1) is 24.2 Å². The number of hydrogen-bond acceptors (Lipinski definition) is 5. The number of allylic oxidation sites excluding steroid dienone is 1. The number of halogens is 3. The molecule has 4 N–H and O–H groups in total. The predicted molar refractivity (Wildman–Crippen MR) is 168 cm³/mol.